The van der Waals surface area contributed by atoms with Crippen molar-refractivity contribution < 1.29 is 9.59 Å². The number of ketones is 1. The first kappa shape index (κ1) is 17.6. The first-order chi connectivity index (χ1) is 11.1. The number of aryl methyl sites for hydroxylation is 1. The summed E-state index contributed by atoms with van der Waals surface area (Å²) >= 11 is 0. The minimum Gasteiger partial charge on any atom is -0.350 e. The maximum Gasteiger partial charge on any atom is 0.274 e. The zero-order chi connectivity index (χ0) is 17.9. The van der Waals surface area contributed by atoms with E-state index in [0.717, 1.165) is 0 Å². The zero-order valence-electron chi connectivity index (χ0n) is 14.6. The Morgan fingerprint density at radius 1 is 1.04 bits per heavy atom. The van der Waals surface area contributed by atoms with E-state index in [-0.39, 0.29) is 22.9 Å². The van der Waals surface area contributed by atoms with Gasteiger partial charge in [0.2, 0.25) is 5.95 Å². The van der Waals surface area contributed by atoms with Gasteiger partial charge in [-0.1, -0.05) is 0 Å². The van der Waals surface area contributed by atoms with Gasteiger partial charge in [0.1, 0.15) is 5.69 Å². The van der Waals surface area contributed by atoms with Gasteiger partial charge in [0.05, 0.1) is 0 Å². The molecular formula is C18H22N4O2. The van der Waals surface area contributed by atoms with Crippen LogP contribution in [0.25, 0.3) is 0 Å². The maximum absolute atomic E-state index is 12.4. The molecule has 6 nitrogen and oxygen atoms in total. The van der Waals surface area contributed by atoms with Crippen molar-refractivity contribution in [2.45, 2.75) is 40.2 Å². The molecule has 126 valence electrons. The Bertz CT molecular complexity index is 762. The number of Topliss-reactive ketones (excluding diaryl/α,β-unsaturated/α-hetero) is 1. The topological polar surface area (TPSA) is 84.0 Å². The van der Waals surface area contributed by atoms with Gasteiger partial charge >= 0.3 is 0 Å². The molecule has 1 aromatic heterocycles. The molecule has 6 heteroatoms. The van der Waals surface area contributed by atoms with Crippen molar-refractivity contribution in [1.29, 1.82) is 0 Å². The number of hydrogen-bond acceptors (Lipinski definition) is 5. The van der Waals surface area contributed by atoms with E-state index in [2.05, 4.69) is 20.6 Å². The molecule has 1 heterocycles. The fourth-order valence-electron chi connectivity index (χ4n) is 2.06. The molecule has 2 N–H and O–H groups in total. The number of nitrogens with one attached hydrogen (secondary N) is 2. The normalized spacial score (nSPS) is 11.0. The molecular weight excluding hydrogens is 304 g/mol. The van der Waals surface area contributed by atoms with Crippen LogP contribution in [0.3, 0.4) is 0 Å². The third kappa shape index (κ3) is 4.87. The summed E-state index contributed by atoms with van der Waals surface area (Å²) in [6.07, 6.45) is 0. The molecule has 0 bridgehead atoms. The summed E-state index contributed by atoms with van der Waals surface area (Å²) in [6, 6.07) is 8.37. The van der Waals surface area contributed by atoms with Gasteiger partial charge in [-0.3, -0.25) is 9.59 Å². The zero-order valence-corrected chi connectivity index (χ0v) is 14.6. The summed E-state index contributed by atoms with van der Waals surface area (Å²) in [5, 5.41) is 5.93. The quantitative estimate of drug-likeness (QED) is 0.841. The van der Waals surface area contributed by atoms with Crippen LogP contribution in [0, 0.1) is 6.92 Å². The molecule has 0 aliphatic heterocycles. The number of rotatable bonds is 4. The lowest BCUT2D eigenvalue weighted by molar-refractivity contribution is 0.101. The molecule has 2 aromatic rings. The minimum absolute atomic E-state index is 0.0165. The number of benzene rings is 1. The lowest BCUT2D eigenvalue weighted by Gasteiger charge is -2.20. The van der Waals surface area contributed by atoms with E-state index in [1.807, 2.05) is 27.7 Å². The summed E-state index contributed by atoms with van der Waals surface area (Å²) < 4.78 is 0. The smallest absolute Gasteiger partial charge is 0.274 e. The lowest BCUT2D eigenvalue weighted by atomic mass is 10.1. The highest BCUT2D eigenvalue weighted by Gasteiger charge is 2.15. The second-order valence-electron chi connectivity index (χ2n) is 6.68. The first-order valence-electron chi connectivity index (χ1n) is 7.70. The van der Waals surface area contributed by atoms with Crippen molar-refractivity contribution in [2.75, 3.05) is 10.6 Å². The molecule has 0 fully saturated rings. The minimum atomic E-state index is -0.326. The van der Waals surface area contributed by atoms with E-state index < -0.39 is 0 Å². The van der Waals surface area contributed by atoms with Crippen LogP contribution in [0.15, 0.2) is 30.3 Å². The summed E-state index contributed by atoms with van der Waals surface area (Å²) in [4.78, 5) is 32.3. The van der Waals surface area contributed by atoms with Gasteiger partial charge in [-0.2, -0.15) is 0 Å². The van der Waals surface area contributed by atoms with Gasteiger partial charge in [-0.25, -0.2) is 9.97 Å². The molecule has 1 amide bonds. The number of anilines is 2. The first-order valence-corrected chi connectivity index (χ1v) is 7.70. The number of aromatic nitrogens is 2. The third-order valence-electron chi connectivity index (χ3n) is 3.12. The van der Waals surface area contributed by atoms with Gasteiger partial charge in [-0.15, -0.1) is 0 Å². The average Bonchev–Trinajstić information content (AvgIpc) is 2.45. The SMILES string of the molecule is CC(=O)c1ccc(NC(=O)c2cc(C)nc(NC(C)(C)C)n2)cc1. The van der Waals surface area contributed by atoms with Crippen molar-refractivity contribution in [1.82, 2.24) is 9.97 Å². The van der Waals surface area contributed by atoms with E-state index in [1.54, 1.807) is 30.3 Å². The van der Waals surface area contributed by atoms with Gasteiger partial charge in [0.25, 0.3) is 5.91 Å². The summed E-state index contributed by atoms with van der Waals surface area (Å²) in [5.74, 6) is 0.0739. The Kier molecular flexibility index (Phi) is 4.97. The van der Waals surface area contributed by atoms with Gasteiger partial charge in [0, 0.05) is 22.5 Å². The molecule has 0 radical (unpaired) electrons. The Morgan fingerprint density at radius 2 is 1.67 bits per heavy atom. The van der Waals surface area contributed by atoms with E-state index in [1.165, 1.54) is 6.92 Å². The molecule has 1 aromatic carbocycles. The van der Waals surface area contributed by atoms with Crippen LogP contribution < -0.4 is 10.6 Å². The van der Waals surface area contributed by atoms with Crippen molar-refractivity contribution in [2.24, 2.45) is 0 Å². The molecule has 0 aliphatic carbocycles. The molecule has 0 spiro atoms. The van der Waals surface area contributed by atoms with Crippen LogP contribution in [0.2, 0.25) is 0 Å². The molecule has 0 saturated carbocycles. The second-order valence-corrected chi connectivity index (χ2v) is 6.68. The number of nitrogens with zero attached hydrogens (tertiary/aromatic N) is 2. The van der Waals surface area contributed by atoms with E-state index >= 15 is 0 Å². The van der Waals surface area contributed by atoms with Crippen molar-refractivity contribution >= 4 is 23.3 Å². The van der Waals surface area contributed by atoms with Gasteiger partial charge in [0.15, 0.2) is 5.78 Å². The highest BCUT2D eigenvalue weighted by molar-refractivity contribution is 6.03. The molecule has 0 unspecified atom stereocenters. The Labute approximate surface area is 141 Å². The van der Waals surface area contributed by atoms with Gasteiger partial charge < -0.3 is 10.6 Å². The Balaban J connectivity index is 2.18. The van der Waals surface area contributed by atoms with Crippen molar-refractivity contribution in [3.63, 3.8) is 0 Å². The monoisotopic (exact) mass is 326 g/mol. The molecule has 2 rings (SSSR count). The van der Waals surface area contributed by atoms with Crippen LogP contribution >= 0.6 is 0 Å². The highest BCUT2D eigenvalue weighted by atomic mass is 16.2. The lowest BCUT2D eigenvalue weighted by Crippen LogP contribution is -2.28. The molecule has 0 atom stereocenters. The van der Waals surface area contributed by atoms with E-state index in [0.29, 0.717) is 22.9 Å². The summed E-state index contributed by atoms with van der Waals surface area (Å²) in [5.41, 5.74) is 1.98. The van der Waals surface area contributed by atoms with Gasteiger partial charge in [-0.05, 0) is 65.0 Å². The molecule has 24 heavy (non-hydrogen) atoms. The van der Waals surface area contributed by atoms with Crippen LogP contribution in [-0.2, 0) is 0 Å². The number of hydrogen-bond donors (Lipinski definition) is 2. The molecule has 0 aliphatic rings. The second kappa shape index (κ2) is 6.78. The van der Waals surface area contributed by atoms with Crippen LogP contribution in [0.1, 0.15) is 54.2 Å². The van der Waals surface area contributed by atoms with E-state index in [9.17, 15) is 9.59 Å². The Morgan fingerprint density at radius 3 is 2.21 bits per heavy atom. The molecule has 0 saturated heterocycles. The number of carbonyl (C=O) groups excluding carboxylic acids is 2. The predicted molar refractivity (Wildman–Crippen MR) is 94.5 cm³/mol. The fraction of sp³-hybridized carbons (Fsp3) is 0.333. The van der Waals surface area contributed by atoms with Crippen LogP contribution in [0.5, 0.6) is 0 Å². The maximum atomic E-state index is 12.4. The highest BCUT2D eigenvalue weighted by Crippen LogP contribution is 2.14. The number of amides is 1. The van der Waals surface area contributed by atoms with Crippen LogP contribution in [0.4, 0.5) is 11.6 Å². The third-order valence-corrected chi connectivity index (χ3v) is 3.12. The fourth-order valence-corrected chi connectivity index (χ4v) is 2.06. The summed E-state index contributed by atoms with van der Waals surface area (Å²) in [6.45, 7) is 9.30. The van der Waals surface area contributed by atoms with Crippen molar-refractivity contribution in [3.8, 4) is 0 Å². The van der Waals surface area contributed by atoms with Crippen LogP contribution in [-0.4, -0.2) is 27.2 Å². The predicted octanol–water partition coefficient (Wildman–Crippen LogP) is 3.45. The number of carbonyl (C=O) groups is 2. The average molecular weight is 326 g/mol. The standard InChI is InChI=1S/C18H22N4O2/c1-11-10-15(21-17(19-11)22-18(3,4)5)16(24)20-14-8-6-13(7-9-14)12(2)23/h6-10H,1-5H3,(H,20,24)(H,19,21,22). The summed E-state index contributed by atoms with van der Waals surface area (Å²) in [7, 11) is 0. The largest absolute Gasteiger partial charge is 0.350 e. The Hall–Kier alpha value is -2.76. The van der Waals surface area contributed by atoms with E-state index in [4.69, 9.17) is 0 Å². The van der Waals surface area contributed by atoms with Crippen molar-refractivity contribution in [3.05, 3.63) is 47.3 Å².